The lowest BCUT2D eigenvalue weighted by Gasteiger charge is -2.25. The number of hydrogen-bond acceptors (Lipinski definition) is 3. The van der Waals surface area contributed by atoms with Gasteiger partial charge in [0.1, 0.15) is 0 Å². The Hall–Kier alpha value is -3.60. The van der Waals surface area contributed by atoms with Crippen LogP contribution in [0.25, 0.3) is 0 Å². The Kier molecular flexibility index (Phi) is 6.58. The third-order valence-electron chi connectivity index (χ3n) is 7.00. The minimum Gasteiger partial charge on any atom is -0.341 e. The monoisotopic (exact) mass is 467 g/mol. The van der Waals surface area contributed by atoms with Gasteiger partial charge in [0.25, 0.3) is 0 Å². The SMILES string of the molecule is CC(C)c1ccccc1N1CC(C(=O)Nc2ccc(N(CC3CC3)c3ccccc3)cc2)CC1=O. The first-order valence-electron chi connectivity index (χ1n) is 12.6. The van der Waals surface area contributed by atoms with Gasteiger partial charge in [-0.25, -0.2) is 0 Å². The number of rotatable bonds is 8. The summed E-state index contributed by atoms with van der Waals surface area (Å²) in [5, 5.41) is 3.04. The minimum atomic E-state index is -0.363. The average molecular weight is 468 g/mol. The molecule has 1 atom stereocenters. The van der Waals surface area contributed by atoms with Gasteiger partial charge in [-0.2, -0.15) is 0 Å². The minimum absolute atomic E-state index is 0.00665. The molecule has 0 aromatic heterocycles. The predicted octanol–water partition coefficient (Wildman–Crippen LogP) is 6.35. The average Bonchev–Trinajstić information content (AvgIpc) is 3.62. The van der Waals surface area contributed by atoms with E-state index in [-0.39, 0.29) is 24.2 Å². The van der Waals surface area contributed by atoms with Crippen molar-refractivity contribution in [2.75, 3.05) is 28.2 Å². The van der Waals surface area contributed by atoms with Crippen molar-refractivity contribution in [3.63, 3.8) is 0 Å². The lowest BCUT2D eigenvalue weighted by atomic mass is 10.0. The molecule has 2 amide bonds. The quantitative estimate of drug-likeness (QED) is 0.420. The summed E-state index contributed by atoms with van der Waals surface area (Å²) in [7, 11) is 0. The molecule has 1 aliphatic heterocycles. The van der Waals surface area contributed by atoms with Gasteiger partial charge in [0.15, 0.2) is 0 Å². The maximum atomic E-state index is 13.0. The normalized spacial score (nSPS) is 17.6. The Morgan fingerprint density at radius 3 is 2.29 bits per heavy atom. The van der Waals surface area contributed by atoms with Crippen molar-refractivity contribution in [1.82, 2.24) is 0 Å². The molecule has 1 unspecified atom stereocenters. The Bertz CT molecular complexity index is 1190. The number of nitrogens with zero attached hydrogens (tertiary/aromatic N) is 2. The third kappa shape index (κ3) is 5.24. The van der Waals surface area contributed by atoms with Crippen LogP contribution >= 0.6 is 0 Å². The molecule has 35 heavy (non-hydrogen) atoms. The van der Waals surface area contributed by atoms with Gasteiger partial charge < -0.3 is 15.1 Å². The van der Waals surface area contributed by atoms with E-state index < -0.39 is 0 Å². The number of para-hydroxylation sites is 2. The highest BCUT2D eigenvalue weighted by Gasteiger charge is 2.36. The molecule has 1 saturated heterocycles. The van der Waals surface area contributed by atoms with Crippen LogP contribution < -0.4 is 15.1 Å². The van der Waals surface area contributed by atoms with E-state index in [1.54, 1.807) is 4.90 Å². The maximum Gasteiger partial charge on any atom is 0.229 e. The van der Waals surface area contributed by atoms with Crippen LogP contribution in [0.5, 0.6) is 0 Å². The van der Waals surface area contributed by atoms with Crippen LogP contribution in [-0.4, -0.2) is 24.9 Å². The Morgan fingerprint density at radius 1 is 0.943 bits per heavy atom. The van der Waals surface area contributed by atoms with E-state index in [1.165, 1.54) is 18.5 Å². The first-order valence-corrected chi connectivity index (χ1v) is 12.6. The molecule has 3 aromatic rings. The largest absolute Gasteiger partial charge is 0.341 e. The van der Waals surface area contributed by atoms with Crippen molar-refractivity contribution in [2.24, 2.45) is 11.8 Å². The summed E-state index contributed by atoms with van der Waals surface area (Å²) in [6.45, 7) is 5.66. The first-order chi connectivity index (χ1) is 17.0. The van der Waals surface area contributed by atoms with Gasteiger partial charge in [-0.3, -0.25) is 9.59 Å². The van der Waals surface area contributed by atoms with Crippen molar-refractivity contribution in [1.29, 1.82) is 0 Å². The number of carbonyl (C=O) groups is 2. The van der Waals surface area contributed by atoms with E-state index in [4.69, 9.17) is 0 Å². The predicted molar refractivity (Wildman–Crippen MR) is 142 cm³/mol. The molecule has 3 aromatic carbocycles. The fourth-order valence-corrected chi connectivity index (χ4v) is 4.83. The van der Waals surface area contributed by atoms with Crippen LogP contribution in [0.4, 0.5) is 22.7 Å². The second kappa shape index (κ2) is 9.95. The van der Waals surface area contributed by atoms with Gasteiger partial charge in [-0.15, -0.1) is 0 Å². The number of hydrogen-bond donors (Lipinski definition) is 1. The summed E-state index contributed by atoms with van der Waals surface area (Å²) in [5.74, 6) is 0.595. The highest BCUT2D eigenvalue weighted by atomic mass is 16.2. The molecule has 1 saturated carbocycles. The van der Waals surface area contributed by atoms with Crippen molar-refractivity contribution >= 4 is 34.6 Å². The molecule has 0 spiro atoms. The molecule has 5 nitrogen and oxygen atoms in total. The number of benzene rings is 3. The van der Waals surface area contributed by atoms with E-state index in [1.807, 2.05) is 36.4 Å². The number of nitrogens with one attached hydrogen (secondary N) is 1. The molecule has 180 valence electrons. The van der Waals surface area contributed by atoms with E-state index in [2.05, 4.69) is 66.5 Å². The third-order valence-corrected chi connectivity index (χ3v) is 7.00. The van der Waals surface area contributed by atoms with Gasteiger partial charge in [0.2, 0.25) is 11.8 Å². The van der Waals surface area contributed by atoms with Gasteiger partial charge in [0, 0.05) is 42.3 Å². The van der Waals surface area contributed by atoms with E-state index >= 15 is 0 Å². The zero-order chi connectivity index (χ0) is 24.4. The van der Waals surface area contributed by atoms with E-state index in [0.29, 0.717) is 12.5 Å². The number of anilines is 4. The van der Waals surface area contributed by atoms with E-state index in [0.717, 1.165) is 35.1 Å². The molecule has 1 heterocycles. The number of amides is 2. The van der Waals surface area contributed by atoms with E-state index in [9.17, 15) is 9.59 Å². The second-order valence-electron chi connectivity index (χ2n) is 10.0. The molecular formula is C30H33N3O2. The summed E-state index contributed by atoms with van der Waals surface area (Å²) in [5.41, 5.74) is 5.11. The highest BCUT2D eigenvalue weighted by molar-refractivity contribution is 6.04. The Morgan fingerprint density at radius 2 is 1.60 bits per heavy atom. The highest BCUT2D eigenvalue weighted by Crippen LogP contribution is 2.36. The van der Waals surface area contributed by atoms with Crippen LogP contribution in [-0.2, 0) is 9.59 Å². The van der Waals surface area contributed by atoms with Crippen molar-refractivity contribution < 1.29 is 9.59 Å². The number of carbonyl (C=O) groups excluding carboxylic acids is 2. The smallest absolute Gasteiger partial charge is 0.229 e. The summed E-state index contributed by atoms with van der Waals surface area (Å²) in [6.07, 6.45) is 2.81. The van der Waals surface area contributed by atoms with Gasteiger partial charge in [-0.05, 0) is 72.7 Å². The van der Waals surface area contributed by atoms with Crippen molar-refractivity contribution in [3.05, 3.63) is 84.4 Å². The summed E-state index contributed by atoms with van der Waals surface area (Å²) >= 11 is 0. The van der Waals surface area contributed by atoms with Crippen LogP contribution in [0.15, 0.2) is 78.9 Å². The fraction of sp³-hybridized carbons (Fsp3) is 0.333. The van der Waals surface area contributed by atoms with Crippen LogP contribution in [0.2, 0.25) is 0 Å². The van der Waals surface area contributed by atoms with Crippen LogP contribution in [0, 0.1) is 11.8 Å². The molecule has 2 aliphatic rings. The summed E-state index contributed by atoms with van der Waals surface area (Å²) in [4.78, 5) is 30.0. The molecule has 0 bridgehead atoms. The molecule has 5 heteroatoms. The lowest BCUT2D eigenvalue weighted by molar-refractivity contribution is -0.122. The standard InChI is InChI=1S/C30H33N3O2/c1-21(2)27-10-6-7-11-28(27)33-20-23(18-29(33)34)30(35)31-24-14-16-26(17-15-24)32(19-22-12-13-22)25-8-4-3-5-9-25/h3-11,14-17,21-23H,12-13,18-20H2,1-2H3,(H,31,35). The topological polar surface area (TPSA) is 52.7 Å². The zero-order valence-electron chi connectivity index (χ0n) is 20.5. The zero-order valence-corrected chi connectivity index (χ0v) is 20.5. The molecule has 1 N–H and O–H groups in total. The van der Waals surface area contributed by atoms with Crippen molar-refractivity contribution in [2.45, 2.75) is 39.0 Å². The molecule has 1 aliphatic carbocycles. The second-order valence-corrected chi connectivity index (χ2v) is 10.0. The summed E-state index contributed by atoms with van der Waals surface area (Å²) in [6, 6.07) is 26.5. The van der Waals surface area contributed by atoms with Gasteiger partial charge in [-0.1, -0.05) is 50.2 Å². The fourth-order valence-electron chi connectivity index (χ4n) is 4.83. The lowest BCUT2D eigenvalue weighted by Crippen LogP contribution is -2.29. The molecule has 2 fully saturated rings. The Balaban J connectivity index is 1.26. The van der Waals surface area contributed by atoms with Crippen molar-refractivity contribution in [3.8, 4) is 0 Å². The summed E-state index contributed by atoms with van der Waals surface area (Å²) < 4.78 is 0. The Labute approximate surface area is 207 Å². The molecular weight excluding hydrogens is 434 g/mol. The van der Waals surface area contributed by atoms with Gasteiger partial charge in [0.05, 0.1) is 5.92 Å². The first kappa shape index (κ1) is 23.2. The van der Waals surface area contributed by atoms with Crippen LogP contribution in [0.1, 0.15) is 44.6 Å². The van der Waals surface area contributed by atoms with Crippen LogP contribution in [0.3, 0.4) is 0 Å². The molecule has 0 radical (unpaired) electrons. The molecule has 5 rings (SSSR count). The maximum absolute atomic E-state index is 13.0. The van der Waals surface area contributed by atoms with Gasteiger partial charge >= 0.3 is 0 Å².